The maximum Gasteiger partial charge on any atom is 0.255 e. The summed E-state index contributed by atoms with van der Waals surface area (Å²) in [4.78, 5) is 15.2. The molecule has 2 fully saturated rings. The van der Waals surface area contributed by atoms with Crippen molar-refractivity contribution in [2.24, 2.45) is 0 Å². The molecule has 0 spiro atoms. The zero-order chi connectivity index (χ0) is 19.1. The van der Waals surface area contributed by atoms with Gasteiger partial charge in [-0.3, -0.25) is 14.1 Å². The number of amides is 1. The summed E-state index contributed by atoms with van der Waals surface area (Å²) in [6.07, 6.45) is 4.34. The first kappa shape index (κ1) is 17.6. The molecule has 8 heteroatoms. The van der Waals surface area contributed by atoms with Gasteiger partial charge < -0.3 is 10.1 Å². The van der Waals surface area contributed by atoms with Crippen molar-refractivity contribution in [3.8, 4) is 0 Å². The predicted octanol–water partition coefficient (Wildman–Crippen LogP) is 2.33. The van der Waals surface area contributed by atoms with E-state index >= 15 is 0 Å². The molecule has 2 saturated heterocycles. The van der Waals surface area contributed by atoms with Gasteiger partial charge in [0.15, 0.2) is 5.65 Å². The molecule has 1 aromatic carbocycles. The predicted molar refractivity (Wildman–Crippen MR) is 104 cm³/mol. The highest BCUT2D eigenvalue weighted by Gasteiger charge is 2.38. The van der Waals surface area contributed by atoms with Crippen LogP contribution in [-0.2, 0) is 4.74 Å². The number of pyridine rings is 1. The number of ether oxygens (including phenoxy) is 1. The Morgan fingerprint density at radius 1 is 1.21 bits per heavy atom. The molecule has 3 aromatic rings. The van der Waals surface area contributed by atoms with E-state index in [2.05, 4.69) is 20.4 Å². The number of aromatic nitrogens is 3. The summed E-state index contributed by atoms with van der Waals surface area (Å²) in [5.74, 6) is -0.112. The molecule has 1 amide bonds. The molecule has 0 aliphatic carbocycles. The van der Waals surface area contributed by atoms with Gasteiger partial charge in [0.1, 0.15) is 6.33 Å². The Labute approximate surface area is 167 Å². The molecule has 2 aromatic heterocycles. The topological polar surface area (TPSA) is 71.8 Å². The smallest absolute Gasteiger partial charge is 0.255 e. The molecule has 28 heavy (non-hydrogen) atoms. The Bertz CT molecular complexity index is 1010. The van der Waals surface area contributed by atoms with E-state index in [-0.39, 0.29) is 18.1 Å². The van der Waals surface area contributed by atoms with E-state index in [0.29, 0.717) is 23.9 Å². The van der Waals surface area contributed by atoms with E-state index in [0.717, 1.165) is 30.1 Å². The van der Waals surface area contributed by atoms with Crippen LogP contribution in [0, 0.1) is 0 Å². The normalized spacial score (nSPS) is 25.0. The number of carbonyl (C=O) groups excluding carboxylic acids is 1. The van der Waals surface area contributed by atoms with Crippen LogP contribution in [0.4, 0.5) is 0 Å². The van der Waals surface area contributed by atoms with Crippen molar-refractivity contribution in [2.45, 2.75) is 24.6 Å². The third kappa shape index (κ3) is 3.26. The van der Waals surface area contributed by atoms with Crippen molar-refractivity contribution in [2.75, 3.05) is 19.7 Å². The second-order valence-electron chi connectivity index (χ2n) is 7.37. The lowest BCUT2D eigenvalue weighted by Crippen LogP contribution is -2.43. The fraction of sp³-hybridized carbons (Fsp3) is 0.350. The summed E-state index contributed by atoms with van der Waals surface area (Å²) in [6, 6.07) is 11.8. The highest BCUT2D eigenvalue weighted by Crippen LogP contribution is 2.31. The van der Waals surface area contributed by atoms with Crippen molar-refractivity contribution in [3.63, 3.8) is 0 Å². The first-order valence-electron chi connectivity index (χ1n) is 9.38. The van der Waals surface area contributed by atoms with Crippen molar-refractivity contribution < 1.29 is 9.53 Å². The van der Waals surface area contributed by atoms with Crippen molar-refractivity contribution in [1.82, 2.24) is 24.8 Å². The average Bonchev–Trinajstić information content (AvgIpc) is 3.33. The van der Waals surface area contributed by atoms with Crippen LogP contribution in [0.1, 0.15) is 28.4 Å². The number of rotatable bonds is 3. The van der Waals surface area contributed by atoms with Crippen LogP contribution in [0.3, 0.4) is 0 Å². The number of nitrogens with zero attached hydrogens (tertiary/aromatic N) is 4. The van der Waals surface area contributed by atoms with Gasteiger partial charge in [0.25, 0.3) is 5.91 Å². The fourth-order valence-electron chi connectivity index (χ4n) is 4.15. The fourth-order valence-corrected chi connectivity index (χ4v) is 4.28. The maximum atomic E-state index is 12.8. The molecule has 2 aliphatic rings. The van der Waals surface area contributed by atoms with E-state index in [9.17, 15) is 4.79 Å². The Balaban J connectivity index is 1.25. The Hall–Kier alpha value is -2.48. The van der Waals surface area contributed by atoms with Crippen LogP contribution in [0.2, 0.25) is 5.02 Å². The SMILES string of the molecule is O=C(N[C@@H]1C[C@H]2CO[C@@H](c3ccc(Cl)cc3)CN2C1)c1cccn2cnnc12. The summed E-state index contributed by atoms with van der Waals surface area (Å²) in [7, 11) is 0. The summed E-state index contributed by atoms with van der Waals surface area (Å²) in [5, 5.41) is 11.8. The zero-order valence-corrected chi connectivity index (χ0v) is 15.9. The van der Waals surface area contributed by atoms with Crippen LogP contribution in [-0.4, -0.2) is 57.2 Å². The lowest BCUT2D eigenvalue weighted by Gasteiger charge is -2.35. The van der Waals surface area contributed by atoms with Gasteiger partial charge in [0.05, 0.1) is 18.3 Å². The first-order valence-corrected chi connectivity index (χ1v) is 9.75. The Morgan fingerprint density at radius 2 is 2.07 bits per heavy atom. The molecule has 3 atom stereocenters. The molecule has 1 N–H and O–H groups in total. The number of morpholine rings is 1. The summed E-state index contributed by atoms with van der Waals surface area (Å²) >= 11 is 5.99. The zero-order valence-electron chi connectivity index (χ0n) is 15.2. The monoisotopic (exact) mass is 397 g/mol. The molecule has 7 nitrogen and oxygen atoms in total. The number of hydrogen-bond acceptors (Lipinski definition) is 5. The lowest BCUT2D eigenvalue weighted by atomic mass is 10.1. The van der Waals surface area contributed by atoms with Gasteiger partial charge in [-0.05, 0) is 36.2 Å². The molecule has 5 rings (SSSR count). The third-order valence-electron chi connectivity index (χ3n) is 5.56. The van der Waals surface area contributed by atoms with Gasteiger partial charge in [-0.25, -0.2) is 0 Å². The molecule has 0 unspecified atom stereocenters. The Kier molecular flexibility index (Phi) is 4.50. The number of hydrogen-bond donors (Lipinski definition) is 1. The van der Waals surface area contributed by atoms with Crippen LogP contribution in [0.5, 0.6) is 0 Å². The van der Waals surface area contributed by atoms with Gasteiger partial charge in [-0.1, -0.05) is 23.7 Å². The summed E-state index contributed by atoms with van der Waals surface area (Å²) < 4.78 is 7.83. The van der Waals surface area contributed by atoms with E-state index in [1.807, 2.05) is 36.5 Å². The summed E-state index contributed by atoms with van der Waals surface area (Å²) in [5.41, 5.74) is 2.25. The van der Waals surface area contributed by atoms with Crippen LogP contribution < -0.4 is 5.32 Å². The number of nitrogens with one attached hydrogen (secondary N) is 1. The highest BCUT2D eigenvalue weighted by atomic mass is 35.5. The van der Waals surface area contributed by atoms with Gasteiger partial charge >= 0.3 is 0 Å². The molecule has 4 heterocycles. The van der Waals surface area contributed by atoms with Crippen LogP contribution >= 0.6 is 11.6 Å². The van der Waals surface area contributed by atoms with E-state index in [4.69, 9.17) is 16.3 Å². The van der Waals surface area contributed by atoms with E-state index < -0.39 is 0 Å². The maximum absolute atomic E-state index is 12.8. The minimum absolute atomic E-state index is 0.0349. The molecule has 144 valence electrons. The average molecular weight is 398 g/mol. The van der Waals surface area contributed by atoms with Gasteiger partial charge in [0.2, 0.25) is 0 Å². The Morgan fingerprint density at radius 3 is 2.93 bits per heavy atom. The first-order chi connectivity index (χ1) is 13.7. The number of halogens is 1. The molecule has 0 radical (unpaired) electrons. The largest absolute Gasteiger partial charge is 0.371 e. The second kappa shape index (κ2) is 7.16. The molecule has 0 bridgehead atoms. The second-order valence-corrected chi connectivity index (χ2v) is 7.81. The van der Waals surface area contributed by atoms with E-state index in [1.165, 1.54) is 0 Å². The minimum atomic E-state index is -0.112. The van der Waals surface area contributed by atoms with Gasteiger partial charge in [-0.15, -0.1) is 10.2 Å². The minimum Gasteiger partial charge on any atom is -0.371 e. The number of fused-ring (bicyclic) bond motifs is 2. The van der Waals surface area contributed by atoms with Crippen molar-refractivity contribution in [1.29, 1.82) is 0 Å². The van der Waals surface area contributed by atoms with E-state index in [1.54, 1.807) is 16.8 Å². The summed E-state index contributed by atoms with van der Waals surface area (Å²) in [6.45, 7) is 2.30. The molecule has 2 aliphatic heterocycles. The molecular formula is C20H20ClN5O2. The van der Waals surface area contributed by atoms with Crippen LogP contribution in [0.25, 0.3) is 5.65 Å². The number of benzene rings is 1. The highest BCUT2D eigenvalue weighted by molar-refractivity contribution is 6.30. The molecular weight excluding hydrogens is 378 g/mol. The molecule has 0 saturated carbocycles. The third-order valence-corrected chi connectivity index (χ3v) is 5.82. The standard InChI is InChI=1S/C20H20ClN5O2/c21-14-5-3-13(4-6-14)18-10-26-9-15(8-16(26)11-28-18)23-20(27)17-2-1-7-25-12-22-24-19(17)25/h1-7,12,15-16,18H,8-11H2,(H,23,27)/t15-,16+,18-/m1/s1. The van der Waals surface area contributed by atoms with Crippen molar-refractivity contribution >= 4 is 23.2 Å². The van der Waals surface area contributed by atoms with Crippen molar-refractivity contribution in [3.05, 3.63) is 65.1 Å². The number of carbonyl (C=O) groups is 1. The van der Waals surface area contributed by atoms with Gasteiger partial charge in [-0.2, -0.15) is 0 Å². The quantitative estimate of drug-likeness (QED) is 0.734. The van der Waals surface area contributed by atoms with Crippen LogP contribution in [0.15, 0.2) is 48.9 Å². The lowest BCUT2D eigenvalue weighted by molar-refractivity contribution is -0.0502. The van der Waals surface area contributed by atoms with Gasteiger partial charge in [0, 0.05) is 36.4 Å².